The summed E-state index contributed by atoms with van der Waals surface area (Å²) in [6, 6.07) is 5.83. The molecule has 0 bridgehead atoms. The van der Waals surface area contributed by atoms with Crippen molar-refractivity contribution in [1.29, 1.82) is 0 Å². The summed E-state index contributed by atoms with van der Waals surface area (Å²) in [5.41, 5.74) is -1.62. The van der Waals surface area contributed by atoms with E-state index in [0.717, 1.165) is 30.5 Å². The second-order valence-corrected chi connectivity index (χ2v) is 5.16. The second-order valence-electron chi connectivity index (χ2n) is 5.16. The maximum Gasteiger partial charge on any atom is 0.418 e. The topological polar surface area (TPSA) is 62.2 Å². The van der Waals surface area contributed by atoms with E-state index in [0.29, 0.717) is 5.56 Å². The van der Waals surface area contributed by atoms with E-state index in [-0.39, 0.29) is 0 Å². The minimum atomic E-state index is -4.72. The summed E-state index contributed by atoms with van der Waals surface area (Å²) in [4.78, 5) is 15.5. The number of aromatic nitrogens is 1. The van der Waals surface area contributed by atoms with E-state index in [1.807, 2.05) is 0 Å². The van der Waals surface area contributed by atoms with Crippen LogP contribution in [0.1, 0.15) is 34.6 Å². The lowest BCUT2D eigenvalue weighted by Crippen LogP contribution is -2.38. The number of nitrogens with one attached hydrogen (secondary N) is 1. The summed E-state index contributed by atoms with van der Waals surface area (Å²) in [6.45, 7) is 1.42. The van der Waals surface area contributed by atoms with Crippen LogP contribution in [-0.4, -0.2) is 22.0 Å². The molecule has 0 spiro atoms. The van der Waals surface area contributed by atoms with Crippen molar-refractivity contribution in [3.63, 3.8) is 0 Å². The van der Waals surface area contributed by atoms with Crippen molar-refractivity contribution in [1.82, 2.24) is 10.3 Å². The van der Waals surface area contributed by atoms with Crippen molar-refractivity contribution in [2.45, 2.75) is 25.2 Å². The molecule has 2 atom stereocenters. The van der Waals surface area contributed by atoms with E-state index in [1.165, 1.54) is 19.1 Å². The van der Waals surface area contributed by atoms with Crippen molar-refractivity contribution in [2.24, 2.45) is 0 Å². The van der Waals surface area contributed by atoms with Crippen LogP contribution in [0.2, 0.25) is 0 Å². The Hall–Kier alpha value is -2.48. The lowest BCUT2D eigenvalue weighted by molar-refractivity contribution is -0.138. The molecule has 2 rings (SSSR count). The van der Waals surface area contributed by atoms with Gasteiger partial charge in [-0.2, -0.15) is 13.2 Å². The summed E-state index contributed by atoms with van der Waals surface area (Å²) in [5.74, 6) is -1.55. The first-order valence-electron chi connectivity index (χ1n) is 6.96. The largest absolute Gasteiger partial charge is 0.418 e. The Balaban J connectivity index is 2.16. The van der Waals surface area contributed by atoms with Crippen molar-refractivity contribution < 1.29 is 27.5 Å². The number of hydrogen-bond donors (Lipinski definition) is 2. The van der Waals surface area contributed by atoms with Crippen LogP contribution >= 0.6 is 0 Å². The molecular weight excluding hydrogens is 328 g/mol. The quantitative estimate of drug-likeness (QED) is 0.840. The maximum atomic E-state index is 12.9. The molecule has 128 valence electrons. The van der Waals surface area contributed by atoms with Gasteiger partial charge in [-0.05, 0) is 36.8 Å². The van der Waals surface area contributed by atoms with Crippen molar-refractivity contribution in [3.05, 3.63) is 65.2 Å². The van der Waals surface area contributed by atoms with Crippen LogP contribution in [0, 0.1) is 5.82 Å². The van der Waals surface area contributed by atoms with Crippen LogP contribution in [0.4, 0.5) is 17.6 Å². The van der Waals surface area contributed by atoms with Crippen LogP contribution in [0.15, 0.2) is 42.6 Å². The number of halogens is 4. The summed E-state index contributed by atoms with van der Waals surface area (Å²) in [7, 11) is 0. The number of nitrogens with zero attached hydrogens (tertiary/aromatic N) is 1. The lowest BCUT2D eigenvalue weighted by Gasteiger charge is -2.21. The number of pyridine rings is 1. The number of rotatable bonds is 4. The number of hydrogen-bond acceptors (Lipinski definition) is 3. The van der Waals surface area contributed by atoms with E-state index in [2.05, 4.69) is 10.3 Å². The zero-order chi connectivity index (χ0) is 17.9. The Bertz CT molecular complexity index is 717. The first-order chi connectivity index (χ1) is 11.2. The smallest absolute Gasteiger partial charge is 0.386 e. The highest BCUT2D eigenvalue weighted by Gasteiger charge is 2.36. The molecule has 1 amide bonds. The van der Waals surface area contributed by atoms with E-state index in [9.17, 15) is 27.5 Å². The van der Waals surface area contributed by atoms with Gasteiger partial charge in [-0.15, -0.1) is 0 Å². The van der Waals surface area contributed by atoms with E-state index >= 15 is 0 Å². The predicted molar refractivity (Wildman–Crippen MR) is 77.5 cm³/mol. The summed E-state index contributed by atoms with van der Waals surface area (Å²) >= 11 is 0. The van der Waals surface area contributed by atoms with Crippen LogP contribution in [-0.2, 0) is 6.18 Å². The van der Waals surface area contributed by atoms with E-state index in [4.69, 9.17) is 0 Å². The van der Waals surface area contributed by atoms with Gasteiger partial charge in [0.2, 0.25) is 0 Å². The molecule has 4 nitrogen and oxygen atoms in total. The van der Waals surface area contributed by atoms with Gasteiger partial charge in [0.1, 0.15) is 11.5 Å². The monoisotopic (exact) mass is 342 g/mol. The van der Waals surface area contributed by atoms with E-state index in [1.54, 1.807) is 0 Å². The molecule has 2 aromatic rings. The molecule has 0 saturated carbocycles. The highest BCUT2D eigenvalue weighted by molar-refractivity contribution is 5.94. The number of alkyl halides is 3. The Kier molecular flexibility index (Phi) is 5.18. The van der Waals surface area contributed by atoms with Gasteiger partial charge >= 0.3 is 6.18 Å². The van der Waals surface area contributed by atoms with Gasteiger partial charge in [-0.3, -0.25) is 9.78 Å². The van der Waals surface area contributed by atoms with Gasteiger partial charge in [0.25, 0.3) is 5.91 Å². The first-order valence-corrected chi connectivity index (χ1v) is 6.96. The van der Waals surface area contributed by atoms with Crippen LogP contribution in [0.5, 0.6) is 0 Å². The lowest BCUT2D eigenvalue weighted by atomic mass is 10.0. The molecule has 1 heterocycles. The third-order valence-electron chi connectivity index (χ3n) is 3.37. The summed E-state index contributed by atoms with van der Waals surface area (Å²) in [6.07, 6.45) is -4.86. The maximum absolute atomic E-state index is 12.9. The van der Waals surface area contributed by atoms with E-state index < -0.39 is 41.3 Å². The average Bonchev–Trinajstić information content (AvgIpc) is 2.54. The number of carbonyl (C=O) groups excluding carboxylic acids is 1. The fraction of sp³-hybridized carbons (Fsp3) is 0.250. The molecule has 0 fully saturated rings. The first kappa shape index (κ1) is 17.9. The van der Waals surface area contributed by atoms with Gasteiger partial charge in [0.15, 0.2) is 0 Å². The SMILES string of the molecule is CC(NC(=O)c1ncccc1C(F)(F)F)C(O)c1ccc(F)cc1. The summed E-state index contributed by atoms with van der Waals surface area (Å²) < 4.78 is 51.6. The van der Waals surface area contributed by atoms with Gasteiger partial charge in [-0.1, -0.05) is 12.1 Å². The van der Waals surface area contributed by atoms with Gasteiger partial charge in [0.05, 0.1) is 17.7 Å². The van der Waals surface area contributed by atoms with Crippen LogP contribution in [0.25, 0.3) is 0 Å². The number of carbonyl (C=O) groups is 1. The zero-order valence-corrected chi connectivity index (χ0v) is 12.5. The van der Waals surface area contributed by atoms with Crippen molar-refractivity contribution >= 4 is 5.91 Å². The molecule has 1 aromatic heterocycles. The third-order valence-corrected chi connectivity index (χ3v) is 3.37. The Morgan fingerprint density at radius 2 is 1.83 bits per heavy atom. The Morgan fingerprint density at radius 1 is 1.21 bits per heavy atom. The molecule has 0 aliphatic carbocycles. The molecule has 0 saturated heterocycles. The molecule has 24 heavy (non-hydrogen) atoms. The molecule has 0 aliphatic heterocycles. The third kappa shape index (κ3) is 4.08. The fourth-order valence-electron chi connectivity index (χ4n) is 2.12. The highest BCUT2D eigenvalue weighted by atomic mass is 19.4. The van der Waals surface area contributed by atoms with Crippen molar-refractivity contribution in [2.75, 3.05) is 0 Å². The van der Waals surface area contributed by atoms with Gasteiger partial charge < -0.3 is 10.4 Å². The second kappa shape index (κ2) is 6.96. The van der Waals surface area contributed by atoms with Gasteiger partial charge in [-0.25, -0.2) is 4.39 Å². The normalized spacial score (nSPS) is 14.1. The number of aliphatic hydroxyl groups excluding tert-OH is 1. The van der Waals surface area contributed by atoms with Crippen LogP contribution in [0.3, 0.4) is 0 Å². The predicted octanol–water partition coefficient (Wildman–Crippen LogP) is 3.09. The number of benzene rings is 1. The molecule has 0 radical (unpaired) electrons. The summed E-state index contributed by atoms with van der Waals surface area (Å²) in [5, 5.41) is 12.4. The van der Waals surface area contributed by atoms with Crippen molar-refractivity contribution in [3.8, 4) is 0 Å². The molecule has 2 N–H and O–H groups in total. The fourth-order valence-corrected chi connectivity index (χ4v) is 2.12. The molecular formula is C16H14F4N2O2. The Labute approximate surface area is 135 Å². The number of aliphatic hydroxyl groups is 1. The highest BCUT2D eigenvalue weighted by Crippen LogP contribution is 2.31. The average molecular weight is 342 g/mol. The standard InChI is InChI=1S/C16H14F4N2O2/c1-9(14(23)10-4-6-11(17)7-5-10)22-15(24)13-12(16(18,19)20)3-2-8-21-13/h2-9,14,23H,1H3,(H,22,24). The Morgan fingerprint density at radius 3 is 2.42 bits per heavy atom. The molecule has 2 unspecified atom stereocenters. The zero-order valence-electron chi connectivity index (χ0n) is 12.5. The van der Waals surface area contributed by atoms with Crippen LogP contribution < -0.4 is 5.32 Å². The minimum absolute atomic E-state index is 0.321. The molecule has 8 heteroatoms. The molecule has 1 aromatic carbocycles. The van der Waals surface area contributed by atoms with Gasteiger partial charge in [0, 0.05) is 6.20 Å². The molecule has 0 aliphatic rings. The number of amides is 1. The minimum Gasteiger partial charge on any atom is -0.386 e.